The molecule has 1 N–H and O–H groups in total. The number of aryl methyl sites for hydroxylation is 1. The van der Waals surface area contributed by atoms with Crippen molar-refractivity contribution in [2.24, 2.45) is 13.0 Å². The molecule has 4 heteroatoms. The molecule has 1 aliphatic rings. The van der Waals surface area contributed by atoms with Crippen molar-refractivity contribution in [1.29, 1.82) is 0 Å². The largest absolute Gasteiger partial charge is 0.316 e. The molecule has 0 radical (unpaired) electrons. The second-order valence-electron chi connectivity index (χ2n) is 5.37. The zero-order chi connectivity index (χ0) is 13.0. The summed E-state index contributed by atoms with van der Waals surface area (Å²) in [4.78, 5) is 1.31. The van der Waals surface area contributed by atoms with E-state index in [1.165, 1.54) is 37.0 Å². The summed E-state index contributed by atoms with van der Waals surface area (Å²) in [6.07, 6.45) is 10.9. The summed E-state index contributed by atoms with van der Waals surface area (Å²) >= 11 is 2.00. The Morgan fingerprint density at radius 2 is 2.33 bits per heavy atom. The van der Waals surface area contributed by atoms with E-state index in [2.05, 4.69) is 30.6 Å². The Labute approximate surface area is 115 Å². The SMILES string of the molecule is CCCC1CCC(NC)C(Sc2cnn(C)c2)C1. The molecule has 0 bridgehead atoms. The quantitative estimate of drug-likeness (QED) is 0.889. The third-order valence-corrected chi connectivity index (χ3v) is 5.24. The Bertz CT molecular complexity index is 364. The molecule has 3 nitrogen and oxygen atoms in total. The molecule has 0 aromatic carbocycles. The number of thioether (sulfide) groups is 1. The Kier molecular flexibility index (Phi) is 5.13. The van der Waals surface area contributed by atoms with Crippen LogP contribution in [0.2, 0.25) is 0 Å². The van der Waals surface area contributed by atoms with Crippen molar-refractivity contribution in [2.45, 2.75) is 55.2 Å². The van der Waals surface area contributed by atoms with E-state index >= 15 is 0 Å². The first-order valence-corrected chi connectivity index (χ1v) is 7.93. The van der Waals surface area contributed by atoms with Crippen LogP contribution in [0.4, 0.5) is 0 Å². The summed E-state index contributed by atoms with van der Waals surface area (Å²) in [6, 6.07) is 0.656. The molecule has 3 atom stereocenters. The monoisotopic (exact) mass is 267 g/mol. The predicted octanol–water partition coefficient (Wildman–Crippen LogP) is 3.07. The minimum atomic E-state index is 0.656. The van der Waals surface area contributed by atoms with Crippen LogP contribution in [0.3, 0.4) is 0 Å². The Balaban J connectivity index is 1.97. The van der Waals surface area contributed by atoms with E-state index in [4.69, 9.17) is 0 Å². The molecule has 1 aromatic rings. The van der Waals surface area contributed by atoms with Crippen LogP contribution in [-0.4, -0.2) is 28.1 Å². The molecule has 1 fully saturated rings. The van der Waals surface area contributed by atoms with E-state index in [9.17, 15) is 0 Å². The summed E-state index contributed by atoms with van der Waals surface area (Å²) in [5.41, 5.74) is 0. The standard InChI is InChI=1S/C14H25N3S/c1-4-5-11-6-7-13(15-2)14(8-11)18-12-9-16-17(3)10-12/h9-11,13-15H,4-8H2,1-3H3. The normalized spacial score (nSPS) is 28.5. The Morgan fingerprint density at radius 3 is 2.94 bits per heavy atom. The molecule has 1 aromatic heterocycles. The summed E-state index contributed by atoms with van der Waals surface area (Å²) in [7, 11) is 4.09. The van der Waals surface area contributed by atoms with Gasteiger partial charge in [0, 0.05) is 29.4 Å². The van der Waals surface area contributed by atoms with Gasteiger partial charge in [-0.05, 0) is 32.2 Å². The molecular weight excluding hydrogens is 242 g/mol. The highest BCUT2D eigenvalue weighted by Gasteiger charge is 2.30. The topological polar surface area (TPSA) is 29.9 Å². The lowest BCUT2D eigenvalue weighted by Crippen LogP contribution is -2.40. The van der Waals surface area contributed by atoms with Gasteiger partial charge in [-0.3, -0.25) is 4.68 Å². The van der Waals surface area contributed by atoms with Gasteiger partial charge in [0.15, 0.2) is 0 Å². The molecule has 3 unspecified atom stereocenters. The minimum absolute atomic E-state index is 0.656. The fraction of sp³-hybridized carbons (Fsp3) is 0.786. The van der Waals surface area contributed by atoms with Crippen molar-refractivity contribution in [3.8, 4) is 0 Å². The van der Waals surface area contributed by atoms with Crippen LogP contribution >= 0.6 is 11.8 Å². The smallest absolute Gasteiger partial charge is 0.0625 e. The minimum Gasteiger partial charge on any atom is -0.316 e. The zero-order valence-corrected chi connectivity index (χ0v) is 12.5. The van der Waals surface area contributed by atoms with Gasteiger partial charge in [0.05, 0.1) is 6.20 Å². The van der Waals surface area contributed by atoms with Gasteiger partial charge in [-0.15, -0.1) is 11.8 Å². The lowest BCUT2D eigenvalue weighted by atomic mass is 9.83. The molecule has 0 saturated heterocycles. The van der Waals surface area contributed by atoms with Crippen molar-refractivity contribution >= 4 is 11.8 Å². The third-order valence-electron chi connectivity index (χ3n) is 3.94. The van der Waals surface area contributed by atoms with Gasteiger partial charge < -0.3 is 5.32 Å². The van der Waals surface area contributed by atoms with E-state index in [1.54, 1.807) is 0 Å². The molecule has 18 heavy (non-hydrogen) atoms. The molecule has 0 aliphatic heterocycles. The van der Waals surface area contributed by atoms with Crippen LogP contribution < -0.4 is 5.32 Å². The first-order chi connectivity index (χ1) is 8.72. The number of nitrogens with zero attached hydrogens (tertiary/aromatic N) is 2. The van der Waals surface area contributed by atoms with Crippen LogP contribution in [0.25, 0.3) is 0 Å². The number of hydrogen-bond donors (Lipinski definition) is 1. The van der Waals surface area contributed by atoms with E-state index in [0.717, 1.165) is 5.92 Å². The summed E-state index contributed by atoms with van der Waals surface area (Å²) in [5, 5.41) is 8.46. The third kappa shape index (κ3) is 3.51. The highest BCUT2D eigenvalue weighted by Crippen LogP contribution is 2.37. The molecule has 1 heterocycles. The van der Waals surface area contributed by atoms with Gasteiger partial charge in [-0.25, -0.2) is 0 Å². The van der Waals surface area contributed by atoms with E-state index in [-0.39, 0.29) is 0 Å². The van der Waals surface area contributed by atoms with Crippen LogP contribution in [0.1, 0.15) is 39.0 Å². The molecule has 102 valence electrons. The first-order valence-electron chi connectivity index (χ1n) is 7.05. The Morgan fingerprint density at radius 1 is 1.50 bits per heavy atom. The second kappa shape index (κ2) is 6.62. The predicted molar refractivity (Wildman–Crippen MR) is 77.9 cm³/mol. The first kappa shape index (κ1) is 13.9. The van der Waals surface area contributed by atoms with Gasteiger partial charge in [0.2, 0.25) is 0 Å². The zero-order valence-electron chi connectivity index (χ0n) is 11.7. The highest BCUT2D eigenvalue weighted by molar-refractivity contribution is 8.00. The van der Waals surface area contributed by atoms with Gasteiger partial charge in [-0.2, -0.15) is 5.10 Å². The van der Waals surface area contributed by atoms with E-state index in [1.807, 2.05) is 29.7 Å². The van der Waals surface area contributed by atoms with Crippen LogP contribution in [-0.2, 0) is 7.05 Å². The van der Waals surface area contributed by atoms with E-state index in [0.29, 0.717) is 11.3 Å². The molecule has 2 rings (SSSR count). The van der Waals surface area contributed by atoms with Crippen molar-refractivity contribution in [1.82, 2.24) is 15.1 Å². The molecule has 0 spiro atoms. The maximum Gasteiger partial charge on any atom is 0.0625 e. The van der Waals surface area contributed by atoms with Crippen LogP contribution in [0, 0.1) is 5.92 Å². The molecule has 0 amide bonds. The fourth-order valence-electron chi connectivity index (χ4n) is 2.98. The van der Waals surface area contributed by atoms with E-state index < -0.39 is 0 Å². The summed E-state index contributed by atoms with van der Waals surface area (Å²) in [5.74, 6) is 0.925. The number of aromatic nitrogens is 2. The molecule has 1 saturated carbocycles. The average Bonchev–Trinajstić information content (AvgIpc) is 2.76. The van der Waals surface area contributed by atoms with Crippen LogP contribution in [0.15, 0.2) is 17.3 Å². The fourth-order valence-corrected chi connectivity index (χ4v) is 4.45. The maximum absolute atomic E-state index is 4.26. The van der Waals surface area contributed by atoms with Crippen molar-refractivity contribution in [2.75, 3.05) is 7.05 Å². The number of hydrogen-bond acceptors (Lipinski definition) is 3. The summed E-state index contributed by atoms with van der Waals surface area (Å²) in [6.45, 7) is 2.30. The lowest BCUT2D eigenvalue weighted by molar-refractivity contribution is 0.295. The molecular formula is C14H25N3S. The van der Waals surface area contributed by atoms with Crippen LogP contribution in [0.5, 0.6) is 0 Å². The van der Waals surface area contributed by atoms with Gasteiger partial charge in [-0.1, -0.05) is 19.8 Å². The Hall–Kier alpha value is -0.480. The lowest BCUT2D eigenvalue weighted by Gasteiger charge is -2.35. The van der Waals surface area contributed by atoms with Crippen molar-refractivity contribution in [3.63, 3.8) is 0 Å². The van der Waals surface area contributed by atoms with Gasteiger partial charge in [0.1, 0.15) is 0 Å². The maximum atomic E-state index is 4.26. The van der Waals surface area contributed by atoms with Crippen molar-refractivity contribution < 1.29 is 0 Å². The van der Waals surface area contributed by atoms with Crippen molar-refractivity contribution in [3.05, 3.63) is 12.4 Å². The average molecular weight is 267 g/mol. The number of rotatable bonds is 5. The summed E-state index contributed by atoms with van der Waals surface area (Å²) < 4.78 is 1.89. The second-order valence-corrected chi connectivity index (χ2v) is 6.68. The number of nitrogens with one attached hydrogen (secondary N) is 1. The molecule has 1 aliphatic carbocycles. The van der Waals surface area contributed by atoms with Gasteiger partial charge >= 0.3 is 0 Å². The van der Waals surface area contributed by atoms with Gasteiger partial charge in [0.25, 0.3) is 0 Å². The highest BCUT2D eigenvalue weighted by atomic mass is 32.2.